The summed E-state index contributed by atoms with van der Waals surface area (Å²) in [6.45, 7) is 12.5. The van der Waals surface area contributed by atoms with Crippen LogP contribution in [0.15, 0.2) is 0 Å². The monoisotopic (exact) mass is 239 g/mol. The highest BCUT2D eigenvalue weighted by atomic mass is 16.5. The van der Waals surface area contributed by atoms with E-state index in [0.717, 1.165) is 19.5 Å². The van der Waals surface area contributed by atoms with Crippen molar-refractivity contribution in [3.8, 4) is 0 Å². The summed E-state index contributed by atoms with van der Waals surface area (Å²) in [7, 11) is 0. The van der Waals surface area contributed by atoms with E-state index in [0.29, 0.717) is 18.2 Å². The van der Waals surface area contributed by atoms with Gasteiger partial charge in [-0.1, -0.05) is 6.92 Å². The van der Waals surface area contributed by atoms with Crippen LogP contribution in [-0.4, -0.2) is 41.0 Å². The fourth-order valence-electron chi connectivity index (χ4n) is 3.43. The van der Waals surface area contributed by atoms with E-state index >= 15 is 0 Å². The first-order chi connectivity index (χ1) is 7.71. The van der Waals surface area contributed by atoms with Crippen LogP contribution in [-0.2, 0) is 9.53 Å². The van der Waals surface area contributed by atoms with Gasteiger partial charge in [0.1, 0.15) is 5.78 Å². The number of rotatable bonds is 1. The van der Waals surface area contributed by atoms with E-state index in [2.05, 4.69) is 32.6 Å². The molecule has 2 aliphatic rings. The molecule has 0 spiro atoms. The smallest absolute Gasteiger partial charge is 0.138 e. The summed E-state index contributed by atoms with van der Waals surface area (Å²) in [6, 6.07) is 0.438. The van der Waals surface area contributed by atoms with Crippen LogP contribution >= 0.6 is 0 Å². The maximum Gasteiger partial charge on any atom is 0.138 e. The van der Waals surface area contributed by atoms with Gasteiger partial charge >= 0.3 is 0 Å². The highest BCUT2D eigenvalue weighted by molar-refractivity contribution is 5.81. The second kappa shape index (κ2) is 4.06. The van der Waals surface area contributed by atoms with Gasteiger partial charge < -0.3 is 4.74 Å². The Kier molecular flexibility index (Phi) is 3.11. The number of hydrogen-bond donors (Lipinski definition) is 0. The molecule has 0 bridgehead atoms. The molecule has 0 aromatic carbocycles. The Hall–Kier alpha value is -0.410. The van der Waals surface area contributed by atoms with Crippen molar-refractivity contribution in [1.29, 1.82) is 0 Å². The average Bonchev–Trinajstić information content (AvgIpc) is 2.39. The zero-order valence-corrected chi connectivity index (χ0v) is 11.7. The molecule has 0 saturated carbocycles. The molecule has 2 fully saturated rings. The summed E-state index contributed by atoms with van der Waals surface area (Å²) < 4.78 is 6.14. The molecular weight excluding hydrogens is 214 g/mol. The minimum Gasteiger partial charge on any atom is -0.368 e. The van der Waals surface area contributed by atoms with Gasteiger partial charge in [-0.25, -0.2) is 0 Å². The van der Waals surface area contributed by atoms with Gasteiger partial charge in [0.05, 0.1) is 11.2 Å². The molecule has 98 valence electrons. The SMILES string of the molecule is CC1CN(C2CC(C)(C)OC2(C)C)CCC1=O. The molecule has 2 saturated heterocycles. The van der Waals surface area contributed by atoms with Gasteiger partial charge in [0.25, 0.3) is 0 Å². The van der Waals surface area contributed by atoms with Crippen LogP contribution in [0.1, 0.15) is 47.5 Å². The van der Waals surface area contributed by atoms with Gasteiger partial charge in [-0.05, 0) is 34.1 Å². The molecule has 0 radical (unpaired) electrons. The van der Waals surface area contributed by atoms with Crippen molar-refractivity contribution >= 4 is 5.78 Å². The Morgan fingerprint density at radius 3 is 2.41 bits per heavy atom. The number of nitrogens with zero attached hydrogens (tertiary/aromatic N) is 1. The first-order valence-electron chi connectivity index (χ1n) is 6.68. The minimum absolute atomic E-state index is 0.0428. The highest BCUT2D eigenvalue weighted by Gasteiger charge is 2.49. The van der Waals surface area contributed by atoms with Gasteiger partial charge in [-0.3, -0.25) is 9.69 Å². The maximum absolute atomic E-state index is 11.6. The van der Waals surface area contributed by atoms with Gasteiger partial charge in [0.2, 0.25) is 0 Å². The first-order valence-corrected chi connectivity index (χ1v) is 6.68. The molecule has 0 amide bonds. The molecule has 0 aromatic heterocycles. The fraction of sp³-hybridized carbons (Fsp3) is 0.929. The molecule has 2 unspecified atom stereocenters. The number of hydrogen-bond acceptors (Lipinski definition) is 3. The topological polar surface area (TPSA) is 29.5 Å². The van der Waals surface area contributed by atoms with Gasteiger partial charge in [0, 0.05) is 31.5 Å². The summed E-state index contributed by atoms with van der Waals surface area (Å²) >= 11 is 0. The van der Waals surface area contributed by atoms with Crippen LogP contribution in [0.5, 0.6) is 0 Å². The van der Waals surface area contributed by atoms with Crippen LogP contribution < -0.4 is 0 Å². The van der Waals surface area contributed by atoms with E-state index in [4.69, 9.17) is 4.74 Å². The number of carbonyl (C=O) groups is 1. The van der Waals surface area contributed by atoms with Crippen LogP contribution in [0, 0.1) is 5.92 Å². The third-order valence-corrected chi connectivity index (χ3v) is 4.17. The number of piperidine rings is 1. The second-order valence-electron chi connectivity index (χ2n) is 6.80. The number of carbonyl (C=O) groups excluding carboxylic acids is 1. The van der Waals surface area contributed by atoms with E-state index in [1.54, 1.807) is 0 Å². The van der Waals surface area contributed by atoms with Crippen LogP contribution in [0.3, 0.4) is 0 Å². The molecule has 2 heterocycles. The lowest BCUT2D eigenvalue weighted by Crippen LogP contribution is -2.51. The third kappa shape index (κ3) is 2.55. The largest absolute Gasteiger partial charge is 0.368 e. The molecular formula is C14H25NO2. The Bertz CT molecular complexity index is 322. The number of Topliss-reactive ketones (excluding diaryl/α,β-unsaturated/α-hetero) is 1. The Morgan fingerprint density at radius 2 is 1.94 bits per heavy atom. The second-order valence-corrected chi connectivity index (χ2v) is 6.80. The molecule has 3 nitrogen and oxygen atoms in total. The standard InChI is InChI=1S/C14H25NO2/c1-10-9-15(7-6-11(10)16)12-8-13(2,3)17-14(12,4)5/h10,12H,6-9H2,1-5H3. The quantitative estimate of drug-likeness (QED) is 0.703. The predicted octanol–water partition coefficient (Wildman–Crippen LogP) is 2.24. The molecule has 0 aliphatic carbocycles. The van der Waals surface area contributed by atoms with E-state index < -0.39 is 0 Å². The predicted molar refractivity (Wildman–Crippen MR) is 68.0 cm³/mol. The molecule has 17 heavy (non-hydrogen) atoms. The average molecular weight is 239 g/mol. The van der Waals surface area contributed by atoms with Crippen molar-refractivity contribution in [3.05, 3.63) is 0 Å². The van der Waals surface area contributed by atoms with Crippen LogP contribution in [0.2, 0.25) is 0 Å². The molecule has 2 rings (SSSR count). The zero-order valence-electron chi connectivity index (χ0n) is 11.7. The molecule has 0 aromatic rings. The number of ketones is 1. The lowest BCUT2D eigenvalue weighted by molar-refractivity contribution is -0.128. The minimum atomic E-state index is -0.108. The summed E-state index contributed by atoms with van der Waals surface area (Å²) in [6.07, 6.45) is 1.76. The van der Waals surface area contributed by atoms with Crippen molar-refractivity contribution < 1.29 is 9.53 Å². The van der Waals surface area contributed by atoms with E-state index in [-0.39, 0.29) is 17.1 Å². The lowest BCUT2D eigenvalue weighted by Gasteiger charge is -2.39. The van der Waals surface area contributed by atoms with Gasteiger partial charge in [0.15, 0.2) is 0 Å². The Balaban J connectivity index is 2.10. The first kappa shape index (κ1) is 13.0. The van der Waals surface area contributed by atoms with Gasteiger partial charge in [-0.2, -0.15) is 0 Å². The van der Waals surface area contributed by atoms with Crippen LogP contribution in [0.4, 0.5) is 0 Å². The summed E-state index contributed by atoms with van der Waals surface area (Å²) in [5, 5.41) is 0. The van der Waals surface area contributed by atoms with Crippen LogP contribution in [0.25, 0.3) is 0 Å². The maximum atomic E-state index is 11.6. The lowest BCUT2D eigenvalue weighted by atomic mass is 9.89. The van der Waals surface area contributed by atoms with E-state index in [1.165, 1.54) is 0 Å². The third-order valence-electron chi connectivity index (χ3n) is 4.17. The van der Waals surface area contributed by atoms with E-state index in [9.17, 15) is 4.79 Å². The number of ether oxygens (including phenoxy) is 1. The summed E-state index contributed by atoms with van der Waals surface area (Å²) in [4.78, 5) is 14.0. The van der Waals surface area contributed by atoms with Crippen molar-refractivity contribution in [1.82, 2.24) is 4.90 Å². The van der Waals surface area contributed by atoms with E-state index in [1.807, 2.05) is 6.92 Å². The summed E-state index contributed by atoms with van der Waals surface area (Å²) in [5.41, 5.74) is -0.150. The van der Waals surface area contributed by atoms with Gasteiger partial charge in [-0.15, -0.1) is 0 Å². The summed E-state index contributed by atoms with van der Waals surface area (Å²) in [5.74, 6) is 0.598. The normalized spacial score (nSPS) is 37.4. The Morgan fingerprint density at radius 1 is 1.29 bits per heavy atom. The highest BCUT2D eigenvalue weighted by Crippen LogP contribution is 2.40. The zero-order chi connectivity index (χ0) is 12.8. The van der Waals surface area contributed by atoms with Crippen molar-refractivity contribution in [2.45, 2.75) is 64.7 Å². The van der Waals surface area contributed by atoms with Crippen molar-refractivity contribution in [3.63, 3.8) is 0 Å². The molecule has 0 N–H and O–H groups in total. The van der Waals surface area contributed by atoms with Crippen molar-refractivity contribution in [2.75, 3.05) is 13.1 Å². The number of likely N-dealkylation sites (tertiary alicyclic amines) is 1. The Labute approximate surface area is 105 Å². The van der Waals surface area contributed by atoms with Crippen molar-refractivity contribution in [2.24, 2.45) is 5.92 Å². The molecule has 2 aliphatic heterocycles. The molecule has 2 atom stereocenters. The molecule has 3 heteroatoms. The fourth-order valence-corrected chi connectivity index (χ4v) is 3.43.